The summed E-state index contributed by atoms with van der Waals surface area (Å²) in [5.74, 6) is -1.97. The van der Waals surface area contributed by atoms with E-state index < -0.39 is 22.5 Å². The van der Waals surface area contributed by atoms with E-state index in [2.05, 4.69) is 0 Å². The minimum atomic E-state index is -3.58. The number of nitrogens with zero attached hydrogens (tertiary/aromatic N) is 1. The van der Waals surface area contributed by atoms with Crippen molar-refractivity contribution in [2.45, 2.75) is 6.42 Å². The highest BCUT2D eigenvalue weighted by atomic mass is 32.2. The van der Waals surface area contributed by atoms with E-state index in [1.807, 2.05) is 22.4 Å². The SMILES string of the molecule is CS(=O)(=O)NNC(=O)CN1C(=O)[C@H]2[C@H](C1=O)[C@H]1C=C[C@H]2C1. The first-order chi connectivity index (χ1) is 9.78. The lowest BCUT2D eigenvalue weighted by Gasteiger charge is -2.16. The highest BCUT2D eigenvalue weighted by Crippen LogP contribution is 2.52. The number of allylic oxidation sites excluding steroid dienone is 2. The molecule has 1 saturated heterocycles. The number of sulfonamides is 1. The van der Waals surface area contributed by atoms with Crippen LogP contribution in [0.15, 0.2) is 12.2 Å². The number of imide groups is 1. The highest BCUT2D eigenvalue weighted by molar-refractivity contribution is 7.88. The molecule has 0 aromatic carbocycles. The second-order valence-corrected chi connectivity index (χ2v) is 7.43. The molecular formula is C12H15N3O5S. The minimum absolute atomic E-state index is 0.0821. The first-order valence-corrected chi connectivity index (χ1v) is 8.46. The van der Waals surface area contributed by atoms with Crippen molar-refractivity contribution in [3.05, 3.63) is 12.2 Å². The lowest BCUT2D eigenvalue weighted by atomic mass is 9.85. The Morgan fingerprint density at radius 1 is 1.24 bits per heavy atom. The molecular weight excluding hydrogens is 298 g/mol. The van der Waals surface area contributed by atoms with Gasteiger partial charge in [-0.3, -0.25) is 24.7 Å². The molecule has 3 rings (SSSR count). The van der Waals surface area contributed by atoms with Crippen LogP contribution < -0.4 is 10.3 Å². The summed E-state index contributed by atoms with van der Waals surface area (Å²) in [6, 6.07) is 0. The van der Waals surface area contributed by atoms with Crippen molar-refractivity contribution >= 4 is 27.7 Å². The summed E-state index contributed by atoms with van der Waals surface area (Å²) in [6.45, 7) is -0.466. The summed E-state index contributed by atoms with van der Waals surface area (Å²) in [6.07, 6.45) is 5.63. The molecule has 2 bridgehead atoms. The van der Waals surface area contributed by atoms with Crippen LogP contribution >= 0.6 is 0 Å². The summed E-state index contributed by atoms with van der Waals surface area (Å²) in [5.41, 5.74) is 1.96. The van der Waals surface area contributed by atoms with E-state index in [0.29, 0.717) is 0 Å². The molecule has 0 aromatic rings. The Bertz CT molecular complexity index is 626. The third kappa shape index (κ3) is 2.36. The number of fused-ring (bicyclic) bond motifs is 5. The lowest BCUT2D eigenvalue weighted by Crippen LogP contribution is -2.47. The maximum Gasteiger partial charge on any atom is 0.255 e. The zero-order chi connectivity index (χ0) is 15.4. The number of likely N-dealkylation sites (tertiary alicyclic amines) is 1. The molecule has 1 saturated carbocycles. The Morgan fingerprint density at radius 2 is 1.76 bits per heavy atom. The molecule has 2 aliphatic carbocycles. The van der Waals surface area contributed by atoms with E-state index >= 15 is 0 Å². The van der Waals surface area contributed by atoms with Crippen LogP contribution in [0.25, 0.3) is 0 Å². The topological polar surface area (TPSA) is 113 Å². The predicted molar refractivity (Wildman–Crippen MR) is 70.6 cm³/mol. The molecule has 4 atom stereocenters. The molecule has 2 fully saturated rings. The Kier molecular flexibility index (Phi) is 3.14. The highest BCUT2D eigenvalue weighted by Gasteiger charge is 2.59. The summed E-state index contributed by atoms with van der Waals surface area (Å²) in [4.78, 5) is 38.9. The van der Waals surface area contributed by atoms with Gasteiger partial charge in [-0.25, -0.2) is 8.42 Å². The van der Waals surface area contributed by atoms with Crippen molar-refractivity contribution in [2.75, 3.05) is 12.8 Å². The standard InChI is InChI=1S/C12H15N3O5S/c1-21(19,20)14-13-8(16)5-15-11(17)9-6-2-3-7(4-6)10(9)12(15)18/h2-3,6-7,9-10,14H,4-5H2,1H3,(H,13,16)/t6-,7-,9+,10+/m0/s1. The van der Waals surface area contributed by atoms with Crippen LogP contribution in [0, 0.1) is 23.7 Å². The predicted octanol–water partition coefficient (Wildman–Crippen LogP) is -1.63. The molecule has 0 spiro atoms. The number of hydrazine groups is 1. The van der Waals surface area contributed by atoms with E-state index in [1.165, 1.54) is 0 Å². The van der Waals surface area contributed by atoms with Gasteiger partial charge in [-0.2, -0.15) is 0 Å². The largest absolute Gasteiger partial charge is 0.276 e. The number of nitrogens with one attached hydrogen (secondary N) is 2. The molecule has 3 aliphatic rings. The number of carbonyl (C=O) groups excluding carboxylic acids is 3. The summed E-state index contributed by atoms with van der Waals surface area (Å²) < 4.78 is 21.7. The van der Waals surface area contributed by atoms with Crippen molar-refractivity contribution < 1.29 is 22.8 Å². The molecule has 0 aromatic heterocycles. The number of amides is 3. The Balaban J connectivity index is 1.67. The van der Waals surface area contributed by atoms with Crippen LogP contribution in [-0.4, -0.2) is 43.8 Å². The fourth-order valence-corrected chi connectivity index (χ4v) is 3.75. The van der Waals surface area contributed by atoms with Gasteiger partial charge in [0, 0.05) is 0 Å². The van der Waals surface area contributed by atoms with Crippen LogP contribution in [0.4, 0.5) is 0 Å². The lowest BCUT2D eigenvalue weighted by molar-refractivity contribution is -0.144. The van der Waals surface area contributed by atoms with Crippen molar-refractivity contribution in [3.63, 3.8) is 0 Å². The summed E-state index contributed by atoms with van der Waals surface area (Å²) in [5, 5.41) is 0. The Labute approximate surface area is 121 Å². The van der Waals surface area contributed by atoms with E-state index in [0.717, 1.165) is 17.6 Å². The number of hydrogen-bond donors (Lipinski definition) is 2. The second-order valence-electron chi connectivity index (χ2n) is 5.68. The molecule has 0 unspecified atom stereocenters. The third-order valence-electron chi connectivity index (χ3n) is 4.24. The zero-order valence-electron chi connectivity index (χ0n) is 11.3. The number of hydrogen-bond acceptors (Lipinski definition) is 5. The van der Waals surface area contributed by atoms with Gasteiger partial charge in [0.1, 0.15) is 6.54 Å². The maximum atomic E-state index is 12.3. The van der Waals surface area contributed by atoms with Gasteiger partial charge in [0.15, 0.2) is 0 Å². The van der Waals surface area contributed by atoms with Gasteiger partial charge in [0.25, 0.3) is 5.91 Å². The van der Waals surface area contributed by atoms with Gasteiger partial charge in [-0.1, -0.05) is 12.2 Å². The zero-order valence-corrected chi connectivity index (χ0v) is 12.1. The summed E-state index contributed by atoms with van der Waals surface area (Å²) >= 11 is 0. The van der Waals surface area contributed by atoms with Gasteiger partial charge >= 0.3 is 0 Å². The van der Waals surface area contributed by atoms with E-state index in [4.69, 9.17) is 0 Å². The average molecular weight is 313 g/mol. The number of carbonyl (C=O) groups is 3. The molecule has 8 nitrogen and oxygen atoms in total. The molecule has 21 heavy (non-hydrogen) atoms. The van der Waals surface area contributed by atoms with Crippen LogP contribution in [-0.2, 0) is 24.4 Å². The fourth-order valence-electron chi connectivity index (χ4n) is 3.45. The molecule has 1 aliphatic heterocycles. The van der Waals surface area contributed by atoms with Crippen molar-refractivity contribution in [1.82, 2.24) is 15.2 Å². The van der Waals surface area contributed by atoms with Crippen LogP contribution in [0.5, 0.6) is 0 Å². The summed E-state index contributed by atoms with van der Waals surface area (Å²) in [7, 11) is -3.58. The average Bonchev–Trinajstić information content (AvgIpc) is 3.05. The normalized spacial score (nSPS) is 33.7. The monoisotopic (exact) mass is 313 g/mol. The van der Waals surface area contributed by atoms with E-state index in [1.54, 1.807) is 0 Å². The molecule has 1 heterocycles. The first-order valence-electron chi connectivity index (χ1n) is 6.57. The Morgan fingerprint density at radius 3 is 2.24 bits per heavy atom. The van der Waals surface area contributed by atoms with Crippen molar-refractivity contribution in [3.8, 4) is 0 Å². The maximum absolute atomic E-state index is 12.3. The van der Waals surface area contributed by atoms with Gasteiger partial charge in [-0.15, -0.1) is 4.83 Å². The van der Waals surface area contributed by atoms with Gasteiger partial charge in [0.2, 0.25) is 21.8 Å². The van der Waals surface area contributed by atoms with Crippen molar-refractivity contribution in [2.24, 2.45) is 23.7 Å². The van der Waals surface area contributed by atoms with Gasteiger partial charge < -0.3 is 0 Å². The molecule has 2 N–H and O–H groups in total. The van der Waals surface area contributed by atoms with E-state index in [-0.39, 0.29) is 35.5 Å². The van der Waals surface area contributed by atoms with Crippen LogP contribution in [0.1, 0.15) is 6.42 Å². The third-order valence-corrected chi connectivity index (χ3v) is 4.71. The molecule has 114 valence electrons. The van der Waals surface area contributed by atoms with Crippen LogP contribution in [0.2, 0.25) is 0 Å². The first kappa shape index (κ1) is 14.2. The Hall–Kier alpha value is -1.74. The molecule has 3 amide bonds. The van der Waals surface area contributed by atoms with Gasteiger partial charge in [0.05, 0.1) is 18.1 Å². The van der Waals surface area contributed by atoms with Crippen LogP contribution in [0.3, 0.4) is 0 Å². The van der Waals surface area contributed by atoms with Crippen molar-refractivity contribution in [1.29, 1.82) is 0 Å². The van der Waals surface area contributed by atoms with Gasteiger partial charge in [-0.05, 0) is 18.3 Å². The number of rotatable bonds is 4. The van der Waals surface area contributed by atoms with E-state index in [9.17, 15) is 22.8 Å². The minimum Gasteiger partial charge on any atom is -0.276 e. The molecule has 9 heteroatoms. The molecule has 0 radical (unpaired) electrons. The quantitative estimate of drug-likeness (QED) is 0.368. The fraction of sp³-hybridized carbons (Fsp3) is 0.583. The second kappa shape index (κ2) is 4.63. The smallest absolute Gasteiger partial charge is 0.255 e.